The Kier molecular flexibility index (Phi) is 5.58. The molecule has 1 aromatic rings. The molecule has 1 rings (SSSR count). The van der Waals surface area contributed by atoms with Crippen LogP contribution in [-0.4, -0.2) is 29.4 Å². The molecular formula is C12H19NO3S. The summed E-state index contributed by atoms with van der Waals surface area (Å²) in [6.07, 6.45) is 2.09. The molecule has 2 N–H and O–H groups in total. The number of nitrogens with one attached hydrogen (secondary N) is 1. The van der Waals surface area contributed by atoms with E-state index in [9.17, 15) is 9.90 Å². The normalized spacial score (nSPS) is 14.4. The SMILES string of the molecule is CSCc1ccc(C(=O)NC(C)CC(C)O)o1. The fourth-order valence-electron chi connectivity index (χ4n) is 1.59. The number of carbonyl (C=O) groups excluding carboxylic acids is 1. The lowest BCUT2D eigenvalue weighted by Gasteiger charge is -2.14. The summed E-state index contributed by atoms with van der Waals surface area (Å²) in [6.45, 7) is 3.56. The van der Waals surface area contributed by atoms with Crippen molar-refractivity contribution in [1.82, 2.24) is 5.32 Å². The monoisotopic (exact) mass is 257 g/mol. The van der Waals surface area contributed by atoms with E-state index in [0.717, 1.165) is 11.5 Å². The number of hydrogen-bond acceptors (Lipinski definition) is 4. The van der Waals surface area contributed by atoms with Crippen molar-refractivity contribution in [2.45, 2.75) is 38.2 Å². The van der Waals surface area contributed by atoms with Gasteiger partial charge in [0.2, 0.25) is 0 Å². The minimum absolute atomic E-state index is 0.0726. The summed E-state index contributed by atoms with van der Waals surface area (Å²) in [6, 6.07) is 3.41. The molecule has 0 saturated carbocycles. The summed E-state index contributed by atoms with van der Waals surface area (Å²) in [5.41, 5.74) is 0. The van der Waals surface area contributed by atoms with Crippen molar-refractivity contribution in [1.29, 1.82) is 0 Å². The molecule has 2 atom stereocenters. The fraction of sp³-hybridized carbons (Fsp3) is 0.583. The molecule has 0 aliphatic heterocycles. The number of carbonyl (C=O) groups is 1. The van der Waals surface area contributed by atoms with Gasteiger partial charge in [0.1, 0.15) is 5.76 Å². The van der Waals surface area contributed by atoms with Crippen molar-refractivity contribution in [3.05, 3.63) is 23.7 Å². The smallest absolute Gasteiger partial charge is 0.287 e. The van der Waals surface area contributed by atoms with Crippen molar-refractivity contribution in [2.75, 3.05) is 6.26 Å². The summed E-state index contributed by atoms with van der Waals surface area (Å²) in [5.74, 6) is 1.65. The quantitative estimate of drug-likeness (QED) is 0.818. The summed E-state index contributed by atoms with van der Waals surface area (Å²) in [7, 11) is 0. The Morgan fingerprint density at radius 1 is 1.53 bits per heavy atom. The second-order valence-corrected chi connectivity index (χ2v) is 5.02. The number of rotatable bonds is 6. The zero-order valence-corrected chi connectivity index (χ0v) is 11.2. The average Bonchev–Trinajstić information content (AvgIpc) is 2.65. The van der Waals surface area contributed by atoms with Crippen LogP contribution < -0.4 is 5.32 Å². The largest absolute Gasteiger partial charge is 0.455 e. The first kappa shape index (κ1) is 14.1. The molecule has 0 bridgehead atoms. The fourth-order valence-corrected chi connectivity index (χ4v) is 2.02. The first-order chi connectivity index (χ1) is 8.02. The molecule has 0 aromatic carbocycles. The molecule has 4 nitrogen and oxygen atoms in total. The lowest BCUT2D eigenvalue weighted by Crippen LogP contribution is -2.34. The van der Waals surface area contributed by atoms with Crippen LogP contribution >= 0.6 is 11.8 Å². The van der Waals surface area contributed by atoms with E-state index in [2.05, 4.69) is 5.32 Å². The van der Waals surface area contributed by atoms with Gasteiger partial charge >= 0.3 is 0 Å². The number of aliphatic hydroxyl groups excluding tert-OH is 1. The number of aliphatic hydroxyl groups is 1. The van der Waals surface area contributed by atoms with E-state index in [1.54, 1.807) is 24.8 Å². The molecule has 17 heavy (non-hydrogen) atoms. The Morgan fingerprint density at radius 3 is 2.82 bits per heavy atom. The second kappa shape index (κ2) is 6.71. The maximum atomic E-state index is 11.8. The highest BCUT2D eigenvalue weighted by atomic mass is 32.2. The Balaban J connectivity index is 2.51. The predicted octanol–water partition coefficient (Wildman–Crippen LogP) is 2.03. The highest BCUT2D eigenvalue weighted by molar-refractivity contribution is 7.97. The molecule has 96 valence electrons. The van der Waals surface area contributed by atoms with Crippen LogP contribution in [-0.2, 0) is 5.75 Å². The Hall–Kier alpha value is -0.940. The topological polar surface area (TPSA) is 62.5 Å². The summed E-state index contributed by atoms with van der Waals surface area (Å²) < 4.78 is 5.40. The van der Waals surface area contributed by atoms with Crippen LogP contribution in [0.2, 0.25) is 0 Å². The van der Waals surface area contributed by atoms with Gasteiger partial charge < -0.3 is 14.8 Å². The molecular weight excluding hydrogens is 238 g/mol. The lowest BCUT2D eigenvalue weighted by atomic mass is 10.1. The van der Waals surface area contributed by atoms with Crippen LogP contribution in [0.15, 0.2) is 16.5 Å². The van der Waals surface area contributed by atoms with Gasteiger partial charge in [-0.05, 0) is 38.7 Å². The van der Waals surface area contributed by atoms with Gasteiger partial charge in [-0.3, -0.25) is 4.79 Å². The number of hydrogen-bond donors (Lipinski definition) is 2. The lowest BCUT2D eigenvalue weighted by molar-refractivity contribution is 0.0893. The first-order valence-electron chi connectivity index (χ1n) is 5.59. The van der Waals surface area contributed by atoms with Crippen molar-refractivity contribution >= 4 is 17.7 Å². The molecule has 2 unspecified atom stereocenters. The van der Waals surface area contributed by atoms with Gasteiger partial charge in [0, 0.05) is 6.04 Å². The van der Waals surface area contributed by atoms with Gasteiger partial charge in [0.15, 0.2) is 5.76 Å². The van der Waals surface area contributed by atoms with E-state index >= 15 is 0 Å². The first-order valence-corrected chi connectivity index (χ1v) is 6.99. The standard InChI is InChI=1S/C12H19NO3S/c1-8(6-9(2)14)13-12(15)11-5-4-10(16-11)7-17-3/h4-5,8-9,14H,6-7H2,1-3H3,(H,13,15). The van der Waals surface area contributed by atoms with E-state index in [-0.39, 0.29) is 11.9 Å². The Labute approximate surface area is 106 Å². The third kappa shape index (κ3) is 4.83. The predicted molar refractivity (Wildman–Crippen MR) is 69.2 cm³/mol. The number of thioether (sulfide) groups is 1. The van der Waals surface area contributed by atoms with Gasteiger partial charge in [0.05, 0.1) is 11.9 Å². The molecule has 0 aliphatic rings. The van der Waals surface area contributed by atoms with Crippen LogP contribution in [0.3, 0.4) is 0 Å². The van der Waals surface area contributed by atoms with Crippen LogP contribution in [0.4, 0.5) is 0 Å². The van der Waals surface area contributed by atoms with Crippen LogP contribution in [0.1, 0.15) is 36.6 Å². The minimum Gasteiger partial charge on any atom is -0.455 e. The van der Waals surface area contributed by atoms with Crippen LogP contribution in [0.5, 0.6) is 0 Å². The van der Waals surface area contributed by atoms with Crippen LogP contribution in [0.25, 0.3) is 0 Å². The van der Waals surface area contributed by atoms with E-state index < -0.39 is 6.10 Å². The van der Waals surface area contributed by atoms with Crippen LogP contribution in [0, 0.1) is 0 Å². The zero-order valence-electron chi connectivity index (χ0n) is 10.4. The summed E-state index contributed by atoms with van der Waals surface area (Å²) in [4.78, 5) is 11.8. The summed E-state index contributed by atoms with van der Waals surface area (Å²) in [5, 5.41) is 12.0. The molecule has 1 amide bonds. The Bertz CT molecular complexity index is 362. The molecule has 0 saturated heterocycles. The molecule has 0 aliphatic carbocycles. The molecule has 0 spiro atoms. The minimum atomic E-state index is -0.422. The third-order valence-electron chi connectivity index (χ3n) is 2.24. The molecule has 1 heterocycles. The van der Waals surface area contributed by atoms with Crippen molar-refractivity contribution in [3.63, 3.8) is 0 Å². The number of furan rings is 1. The van der Waals surface area contributed by atoms with E-state index in [0.29, 0.717) is 12.2 Å². The molecule has 5 heteroatoms. The second-order valence-electron chi connectivity index (χ2n) is 4.16. The van der Waals surface area contributed by atoms with Crippen molar-refractivity contribution < 1.29 is 14.3 Å². The van der Waals surface area contributed by atoms with E-state index in [1.807, 2.05) is 19.2 Å². The van der Waals surface area contributed by atoms with Crippen molar-refractivity contribution in [2.24, 2.45) is 0 Å². The third-order valence-corrected chi connectivity index (χ3v) is 2.82. The molecule has 0 radical (unpaired) electrons. The van der Waals surface area contributed by atoms with Crippen molar-refractivity contribution in [3.8, 4) is 0 Å². The van der Waals surface area contributed by atoms with Gasteiger partial charge in [-0.2, -0.15) is 11.8 Å². The van der Waals surface area contributed by atoms with Gasteiger partial charge in [-0.1, -0.05) is 0 Å². The van der Waals surface area contributed by atoms with E-state index in [1.165, 1.54) is 0 Å². The van der Waals surface area contributed by atoms with Gasteiger partial charge in [-0.15, -0.1) is 0 Å². The van der Waals surface area contributed by atoms with Gasteiger partial charge in [0.25, 0.3) is 5.91 Å². The maximum absolute atomic E-state index is 11.8. The van der Waals surface area contributed by atoms with Gasteiger partial charge in [-0.25, -0.2) is 0 Å². The maximum Gasteiger partial charge on any atom is 0.287 e. The van der Waals surface area contributed by atoms with E-state index in [4.69, 9.17) is 4.42 Å². The average molecular weight is 257 g/mol. The molecule has 0 fully saturated rings. The zero-order chi connectivity index (χ0) is 12.8. The highest BCUT2D eigenvalue weighted by Gasteiger charge is 2.14. The highest BCUT2D eigenvalue weighted by Crippen LogP contribution is 2.13. The molecule has 1 aromatic heterocycles. The number of amides is 1. The summed E-state index contributed by atoms with van der Waals surface area (Å²) >= 11 is 1.64. The Morgan fingerprint density at radius 2 is 2.24 bits per heavy atom.